The van der Waals surface area contributed by atoms with Gasteiger partial charge < -0.3 is 5.32 Å². The second kappa shape index (κ2) is 5.69. The van der Waals surface area contributed by atoms with Gasteiger partial charge in [0.15, 0.2) is 0 Å². The number of H-pyrrole nitrogens is 1. The van der Waals surface area contributed by atoms with Crippen LogP contribution in [0.15, 0.2) is 35.5 Å². The second-order valence-electron chi connectivity index (χ2n) is 4.19. The number of thioether (sulfide) groups is 1. The number of hydrogen-bond donors (Lipinski definition) is 2. The fourth-order valence-corrected chi connectivity index (χ4v) is 3.29. The molecule has 0 bridgehead atoms. The van der Waals surface area contributed by atoms with Crippen molar-refractivity contribution in [3.05, 3.63) is 35.3 Å². The van der Waals surface area contributed by atoms with Crippen molar-refractivity contribution in [3.63, 3.8) is 0 Å². The van der Waals surface area contributed by atoms with E-state index >= 15 is 0 Å². The standard InChI is InChI=1S/C11H9N9S2/c1-2-4-7(5-3-1)12-10-16-14-8(22-10)6-21-11-13-9-15-18-19-20(9)17-11/h1-5H,6H2,(H,12,16)(H,13,15,17,19). The number of benzene rings is 1. The van der Waals surface area contributed by atoms with Gasteiger partial charge in [-0.15, -0.1) is 19.9 Å². The highest BCUT2D eigenvalue weighted by atomic mass is 32.2. The number of nitrogens with zero attached hydrogens (tertiary/aromatic N) is 7. The summed E-state index contributed by atoms with van der Waals surface area (Å²) >= 11 is 2.98. The van der Waals surface area contributed by atoms with E-state index in [1.165, 1.54) is 27.7 Å². The van der Waals surface area contributed by atoms with Crippen molar-refractivity contribution in [1.82, 2.24) is 40.4 Å². The van der Waals surface area contributed by atoms with Crippen LogP contribution in [0.3, 0.4) is 0 Å². The third kappa shape index (κ3) is 2.76. The first-order valence-electron chi connectivity index (χ1n) is 6.28. The van der Waals surface area contributed by atoms with Crippen molar-refractivity contribution in [2.75, 3.05) is 5.32 Å². The summed E-state index contributed by atoms with van der Waals surface area (Å²) < 4.78 is 1.42. The Hall–Kier alpha value is -2.53. The van der Waals surface area contributed by atoms with E-state index in [4.69, 9.17) is 0 Å². The Labute approximate surface area is 132 Å². The molecule has 0 radical (unpaired) electrons. The maximum absolute atomic E-state index is 4.21. The molecule has 3 aromatic heterocycles. The first-order valence-corrected chi connectivity index (χ1v) is 8.08. The Morgan fingerprint density at radius 3 is 2.95 bits per heavy atom. The smallest absolute Gasteiger partial charge is 0.291 e. The van der Waals surface area contributed by atoms with Crippen LogP contribution >= 0.6 is 23.1 Å². The molecule has 3 heterocycles. The topological polar surface area (TPSA) is 110 Å². The Bertz CT molecular complexity index is 853. The molecule has 0 aliphatic heterocycles. The lowest BCUT2D eigenvalue weighted by Crippen LogP contribution is -1.88. The number of aromatic nitrogens is 8. The van der Waals surface area contributed by atoms with Crippen LogP contribution in [-0.4, -0.2) is 40.4 Å². The second-order valence-corrected chi connectivity index (χ2v) is 6.19. The molecule has 0 amide bonds. The highest BCUT2D eigenvalue weighted by Crippen LogP contribution is 2.25. The van der Waals surface area contributed by atoms with E-state index in [1.54, 1.807) is 0 Å². The van der Waals surface area contributed by atoms with Gasteiger partial charge in [-0.05, 0) is 17.3 Å². The minimum atomic E-state index is 0.450. The summed E-state index contributed by atoms with van der Waals surface area (Å²) in [5, 5.41) is 27.9. The third-order valence-electron chi connectivity index (χ3n) is 2.67. The van der Waals surface area contributed by atoms with Gasteiger partial charge in [0.2, 0.25) is 10.3 Å². The molecule has 0 aliphatic rings. The highest BCUT2D eigenvalue weighted by Gasteiger charge is 2.09. The molecule has 4 aromatic rings. The zero-order chi connectivity index (χ0) is 14.8. The van der Waals surface area contributed by atoms with E-state index in [0.717, 1.165) is 15.8 Å². The molecule has 0 fully saturated rings. The summed E-state index contributed by atoms with van der Waals surface area (Å²) in [7, 11) is 0. The predicted octanol–water partition coefficient (Wildman–Crippen LogP) is 1.73. The lowest BCUT2D eigenvalue weighted by atomic mass is 10.3. The van der Waals surface area contributed by atoms with Gasteiger partial charge in [-0.2, -0.15) is 10.2 Å². The molecule has 0 aliphatic carbocycles. The average Bonchev–Trinajstić information content (AvgIpc) is 3.22. The largest absolute Gasteiger partial charge is 0.330 e. The van der Waals surface area contributed by atoms with Crippen LogP contribution in [0.1, 0.15) is 5.01 Å². The molecule has 0 spiro atoms. The molecule has 2 N–H and O–H groups in total. The van der Waals surface area contributed by atoms with Crippen molar-refractivity contribution >= 4 is 39.7 Å². The lowest BCUT2D eigenvalue weighted by Gasteiger charge is -1.99. The first kappa shape index (κ1) is 13.2. The molecule has 9 nitrogen and oxygen atoms in total. The number of tetrazole rings is 1. The zero-order valence-electron chi connectivity index (χ0n) is 11.0. The molecule has 0 saturated carbocycles. The minimum absolute atomic E-state index is 0.450. The number of aromatic amines is 1. The molecular weight excluding hydrogens is 322 g/mol. The van der Waals surface area contributed by atoms with Gasteiger partial charge in [0, 0.05) is 5.69 Å². The summed E-state index contributed by atoms with van der Waals surface area (Å²) in [6, 6.07) is 9.86. The Morgan fingerprint density at radius 1 is 1.18 bits per heavy atom. The van der Waals surface area contributed by atoms with E-state index < -0.39 is 0 Å². The first-order chi connectivity index (χ1) is 10.9. The summed E-state index contributed by atoms with van der Waals surface area (Å²) in [4.78, 5) is 4.21. The number of para-hydroxylation sites is 1. The fourth-order valence-electron chi connectivity index (χ4n) is 1.72. The zero-order valence-corrected chi connectivity index (χ0v) is 12.7. The number of anilines is 2. The molecule has 4 rings (SSSR count). The van der Waals surface area contributed by atoms with Gasteiger partial charge in [-0.1, -0.05) is 46.4 Å². The Morgan fingerprint density at radius 2 is 2.09 bits per heavy atom. The van der Waals surface area contributed by atoms with Gasteiger partial charge in [0.25, 0.3) is 5.78 Å². The van der Waals surface area contributed by atoms with Crippen LogP contribution < -0.4 is 5.32 Å². The van der Waals surface area contributed by atoms with Crippen molar-refractivity contribution < 1.29 is 0 Å². The SMILES string of the molecule is c1ccc(Nc2nnc(CSc3nc4nn[nH]n4n3)s2)cc1. The molecule has 0 saturated heterocycles. The van der Waals surface area contributed by atoms with E-state index in [9.17, 15) is 0 Å². The third-order valence-corrected chi connectivity index (χ3v) is 4.54. The number of nitrogens with one attached hydrogen (secondary N) is 2. The summed E-state index contributed by atoms with van der Waals surface area (Å²) in [6.07, 6.45) is 0. The summed E-state index contributed by atoms with van der Waals surface area (Å²) in [6.45, 7) is 0. The Balaban J connectivity index is 1.40. The molecule has 22 heavy (non-hydrogen) atoms. The van der Waals surface area contributed by atoms with E-state index in [0.29, 0.717) is 16.7 Å². The number of fused-ring (bicyclic) bond motifs is 1. The van der Waals surface area contributed by atoms with Gasteiger partial charge >= 0.3 is 0 Å². The van der Waals surface area contributed by atoms with Crippen molar-refractivity contribution in [1.29, 1.82) is 0 Å². The minimum Gasteiger partial charge on any atom is -0.330 e. The van der Waals surface area contributed by atoms with E-state index in [1.807, 2.05) is 30.3 Å². The summed E-state index contributed by atoms with van der Waals surface area (Å²) in [5.41, 5.74) is 0.987. The van der Waals surface area contributed by atoms with Crippen molar-refractivity contribution in [2.24, 2.45) is 0 Å². The maximum atomic E-state index is 4.21. The number of rotatable bonds is 5. The molecule has 11 heteroatoms. The van der Waals surface area contributed by atoms with Gasteiger partial charge in [-0.25, -0.2) is 0 Å². The quantitative estimate of drug-likeness (QED) is 0.532. The van der Waals surface area contributed by atoms with Gasteiger partial charge in [-0.3, -0.25) is 0 Å². The predicted molar refractivity (Wildman–Crippen MR) is 82.1 cm³/mol. The van der Waals surface area contributed by atoms with E-state index in [2.05, 4.69) is 41.1 Å². The monoisotopic (exact) mass is 331 g/mol. The van der Waals surface area contributed by atoms with Crippen LogP contribution in [0.4, 0.5) is 10.8 Å². The van der Waals surface area contributed by atoms with Gasteiger partial charge in [0.1, 0.15) is 5.01 Å². The van der Waals surface area contributed by atoms with E-state index in [-0.39, 0.29) is 0 Å². The highest BCUT2D eigenvalue weighted by molar-refractivity contribution is 7.98. The summed E-state index contributed by atoms with van der Waals surface area (Å²) in [5.74, 6) is 1.10. The lowest BCUT2D eigenvalue weighted by molar-refractivity contribution is 0.715. The molecule has 0 unspecified atom stereocenters. The molecular formula is C11H9N9S2. The van der Waals surface area contributed by atoms with Crippen molar-refractivity contribution in [3.8, 4) is 0 Å². The van der Waals surface area contributed by atoms with Crippen LogP contribution in [0, 0.1) is 0 Å². The molecule has 0 atom stereocenters. The average molecular weight is 331 g/mol. The van der Waals surface area contributed by atoms with Crippen molar-refractivity contribution in [2.45, 2.75) is 10.9 Å². The maximum Gasteiger partial charge on any atom is 0.291 e. The van der Waals surface area contributed by atoms with Crippen LogP contribution in [0.25, 0.3) is 5.78 Å². The molecule has 1 aromatic carbocycles. The van der Waals surface area contributed by atoms with Gasteiger partial charge in [0.05, 0.1) is 5.75 Å². The Kier molecular flexibility index (Phi) is 3.40. The van der Waals surface area contributed by atoms with Crippen LogP contribution in [0.2, 0.25) is 0 Å². The normalized spacial score (nSPS) is 11.1. The fraction of sp³-hybridized carbons (Fsp3) is 0.0909. The number of hydrogen-bond acceptors (Lipinski definition) is 9. The molecule has 110 valence electrons. The van der Waals surface area contributed by atoms with Crippen LogP contribution in [-0.2, 0) is 5.75 Å². The van der Waals surface area contributed by atoms with Crippen LogP contribution in [0.5, 0.6) is 0 Å².